The van der Waals surface area contributed by atoms with Crippen molar-refractivity contribution >= 4 is 17.7 Å². The molecule has 56 heavy (non-hydrogen) atoms. The molecule has 0 aromatic heterocycles. The fourth-order valence-corrected chi connectivity index (χ4v) is 5.84. The lowest BCUT2D eigenvalue weighted by atomic mass is 9.94. The number of para-hydroxylation sites is 3. The van der Waals surface area contributed by atoms with Crippen LogP contribution in [-0.2, 0) is 19.6 Å². The second-order valence-corrected chi connectivity index (χ2v) is 13.7. The van der Waals surface area contributed by atoms with Crippen LogP contribution < -0.4 is 30.2 Å². The highest BCUT2D eigenvalue weighted by atomic mass is 16.5. The number of rotatable bonds is 18. The molecule has 0 saturated heterocycles. The Morgan fingerprint density at radius 2 is 0.643 bits per heavy atom. The molecule has 3 amide bonds. The first-order valence-corrected chi connectivity index (χ1v) is 18.5. The average Bonchev–Trinajstić information content (AvgIpc) is 3.26. The molecular weight excluding hydrogens is 703 g/mol. The summed E-state index contributed by atoms with van der Waals surface area (Å²) in [5.74, 6) is 0.362. The highest BCUT2D eigenvalue weighted by molar-refractivity contribution is 5.98. The molecule has 0 aliphatic carbocycles. The normalized spacial score (nSPS) is 10.9. The summed E-state index contributed by atoms with van der Waals surface area (Å²) in [5.41, 5.74) is 3.22. The molecular formula is C47H45N3O6. The monoisotopic (exact) mass is 747 g/mol. The van der Waals surface area contributed by atoms with Gasteiger partial charge in [0.1, 0.15) is 37.1 Å². The fourth-order valence-electron chi connectivity index (χ4n) is 5.84. The third-order valence-corrected chi connectivity index (χ3v) is 9.01. The first-order chi connectivity index (χ1) is 27.4. The fraction of sp³-hybridized carbons (Fsp3) is 0.170. The van der Waals surface area contributed by atoms with Gasteiger partial charge in [0.2, 0.25) is 0 Å². The molecule has 6 aromatic rings. The van der Waals surface area contributed by atoms with Crippen molar-refractivity contribution in [2.75, 3.05) is 19.8 Å². The molecule has 9 heteroatoms. The maximum Gasteiger partial charge on any atom is 0.255 e. The van der Waals surface area contributed by atoms with Gasteiger partial charge >= 0.3 is 0 Å². The summed E-state index contributed by atoms with van der Waals surface area (Å²) in [6.07, 6.45) is 0. The zero-order valence-corrected chi connectivity index (χ0v) is 31.3. The predicted octanol–water partition coefficient (Wildman–Crippen LogP) is 8.02. The van der Waals surface area contributed by atoms with Gasteiger partial charge in [-0.1, -0.05) is 127 Å². The Morgan fingerprint density at radius 3 is 0.929 bits per heavy atom. The van der Waals surface area contributed by atoms with Crippen LogP contribution in [0.5, 0.6) is 17.2 Å². The van der Waals surface area contributed by atoms with Gasteiger partial charge in [0.15, 0.2) is 0 Å². The van der Waals surface area contributed by atoms with Crippen molar-refractivity contribution in [1.29, 1.82) is 0 Å². The van der Waals surface area contributed by atoms with Gasteiger partial charge in [-0.05, 0) is 60.0 Å². The molecule has 0 heterocycles. The lowest BCUT2D eigenvalue weighted by Gasteiger charge is -2.30. The van der Waals surface area contributed by atoms with Crippen LogP contribution in [0, 0.1) is 5.41 Å². The van der Waals surface area contributed by atoms with E-state index in [0.29, 0.717) is 53.6 Å². The van der Waals surface area contributed by atoms with Gasteiger partial charge in [0, 0.05) is 19.6 Å². The van der Waals surface area contributed by atoms with E-state index in [9.17, 15) is 14.4 Å². The standard InChI is InChI=1S/C47H45N3O6/c1-47(32-54-41-26-14-11-23-38(41)44(51)48-29-35-17-5-2-6-18-35,33-55-42-27-15-12-24-39(42)45(52)49-30-36-19-7-3-8-20-36)34-56-43-28-16-13-25-40(43)46(53)50-31-37-21-9-4-10-22-37/h2-28H,29-34H2,1H3,(H,48,51)(H,49,52)(H,50,53). The maximum absolute atomic E-state index is 13.4. The second-order valence-electron chi connectivity index (χ2n) is 13.7. The number of hydrogen-bond donors (Lipinski definition) is 3. The lowest BCUT2D eigenvalue weighted by Crippen LogP contribution is -2.38. The number of carbonyl (C=O) groups is 3. The predicted molar refractivity (Wildman–Crippen MR) is 217 cm³/mol. The van der Waals surface area contributed by atoms with Crippen LogP contribution in [0.3, 0.4) is 0 Å². The molecule has 6 aromatic carbocycles. The van der Waals surface area contributed by atoms with Crippen molar-refractivity contribution < 1.29 is 28.6 Å². The molecule has 0 spiro atoms. The topological polar surface area (TPSA) is 115 Å². The van der Waals surface area contributed by atoms with Gasteiger partial charge in [0.25, 0.3) is 17.7 Å². The van der Waals surface area contributed by atoms with Crippen molar-refractivity contribution in [1.82, 2.24) is 16.0 Å². The number of nitrogens with one attached hydrogen (secondary N) is 3. The van der Waals surface area contributed by atoms with Crippen LogP contribution in [0.25, 0.3) is 0 Å². The summed E-state index contributed by atoms with van der Waals surface area (Å²) >= 11 is 0. The van der Waals surface area contributed by atoms with Crippen molar-refractivity contribution in [3.8, 4) is 17.2 Å². The van der Waals surface area contributed by atoms with Crippen LogP contribution in [0.1, 0.15) is 54.7 Å². The smallest absolute Gasteiger partial charge is 0.255 e. The Hall–Kier alpha value is -6.87. The molecule has 0 atom stereocenters. The Morgan fingerprint density at radius 1 is 0.393 bits per heavy atom. The van der Waals surface area contributed by atoms with Crippen LogP contribution in [0.4, 0.5) is 0 Å². The zero-order valence-electron chi connectivity index (χ0n) is 31.3. The Bertz CT molecular complexity index is 1950. The SMILES string of the molecule is CC(COc1ccccc1C(=O)NCc1ccccc1)(COc1ccccc1C(=O)NCc1ccccc1)COc1ccccc1C(=O)NCc1ccccc1. The zero-order chi connectivity index (χ0) is 39.0. The van der Waals surface area contributed by atoms with Crippen LogP contribution in [0.2, 0.25) is 0 Å². The molecule has 6 rings (SSSR count). The number of amides is 3. The first kappa shape index (κ1) is 38.8. The Labute approximate surface area is 327 Å². The maximum atomic E-state index is 13.4. The van der Waals surface area contributed by atoms with Crippen molar-refractivity contribution in [3.63, 3.8) is 0 Å². The van der Waals surface area contributed by atoms with Gasteiger partial charge in [-0.2, -0.15) is 0 Å². The van der Waals surface area contributed by atoms with E-state index < -0.39 is 5.41 Å². The van der Waals surface area contributed by atoms with E-state index in [1.165, 1.54) is 0 Å². The molecule has 0 saturated carbocycles. The average molecular weight is 748 g/mol. The van der Waals surface area contributed by atoms with E-state index in [-0.39, 0.29) is 37.5 Å². The van der Waals surface area contributed by atoms with Gasteiger partial charge in [-0.15, -0.1) is 0 Å². The third-order valence-electron chi connectivity index (χ3n) is 9.01. The van der Waals surface area contributed by atoms with E-state index in [1.807, 2.05) is 116 Å². The molecule has 284 valence electrons. The summed E-state index contributed by atoms with van der Waals surface area (Å²) in [6, 6.07) is 50.2. The molecule has 0 aliphatic heterocycles. The molecule has 0 radical (unpaired) electrons. The first-order valence-electron chi connectivity index (χ1n) is 18.5. The number of benzene rings is 6. The van der Waals surface area contributed by atoms with Crippen LogP contribution >= 0.6 is 0 Å². The second kappa shape index (κ2) is 19.5. The van der Waals surface area contributed by atoms with E-state index >= 15 is 0 Å². The lowest BCUT2D eigenvalue weighted by molar-refractivity contribution is 0.0459. The van der Waals surface area contributed by atoms with E-state index in [2.05, 4.69) is 16.0 Å². The third kappa shape index (κ3) is 11.1. The number of carbonyl (C=O) groups excluding carboxylic acids is 3. The molecule has 9 nitrogen and oxygen atoms in total. The molecule has 0 bridgehead atoms. The van der Waals surface area contributed by atoms with Gasteiger partial charge < -0.3 is 30.2 Å². The quantitative estimate of drug-likeness (QED) is 0.0821. The molecule has 3 N–H and O–H groups in total. The van der Waals surface area contributed by atoms with Crippen LogP contribution in [0.15, 0.2) is 164 Å². The minimum atomic E-state index is -0.852. The van der Waals surface area contributed by atoms with E-state index in [1.54, 1.807) is 54.6 Å². The Kier molecular flexibility index (Phi) is 13.5. The number of hydrogen-bond acceptors (Lipinski definition) is 6. The van der Waals surface area contributed by atoms with Crippen molar-refractivity contribution in [2.24, 2.45) is 5.41 Å². The summed E-state index contributed by atoms with van der Waals surface area (Å²) in [5, 5.41) is 8.93. The van der Waals surface area contributed by atoms with Crippen molar-refractivity contribution in [2.45, 2.75) is 26.6 Å². The van der Waals surface area contributed by atoms with Gasteiger partial charge in [-0.3, -0.25) is 14.4 Å². The van der Waals surface area contributed by atoms with E-state index in [4.69, 9.17) is 14.2 Å². The van der Waals surface area contributed by atoms with Crippen molar-refractivity contribution in [3.05, 3.63) is 197 Å². The minimum absolute atomic E-state index is 0.0702. The highest BCUT2D eigenvalue weighted by Gasteiger charge is 2.31. The van der Waals surface area contributed by atoms with Crippen LogP contribution in [-0.4, -0.2) is 37.5 Å². The molecule has 0 aliphatic rings. The highest BCUT2D eigenvalue weighted by Crippen LogP contribution is 2.28. The van der Waals surface area contributed by atoms with Gasteiger partial charge in [0.05, 0.1) is 22.1 Å². The summed E-state index contributed by atoms with van der Waals surface area (Å²) < 4.78 is 19.2. The summed E-state index contributed by atoms with van der Waals surface area (Å²) in [6.45, 7) is 3.24. The minimum Gasteiger partial charge on any atom is -0.492 e. The Balaban J connectivity index is 1.19. The number of ether oxygens (including phenoxy) is 3. The van der Waals surface area contributed by atoms with Gasteiger partial charge in [-0.25, -0.2) is 0 Å². The largest absolute Gasteiger partial charge is 0.492 e. The summed E-state index contributed by atoms with van der Waals surface area (Å²) in [4.78, 5) is 40.1. The van der Waals surface area contributed by atoms with E-state index in [0.717, 1.165) is 16.7 Å². The molecule has 0 fully saturated rings. The summed E-state index contributed by atoms with van der Waals surface area (Å²) in [7, 11) is 0. The molecule has 0 unspecified atom stereocenters.